The van der Waals surface area contributed by atoms with Crippen LogP contribution in [0.3, 0.4) is 0 Å². The van der Waals surface area contributed by atoms with Crippen LogP contribution in [0, 0.1) is 30.1 Å². The van der Waals surface area contributed by atoms with Crippen molar-refractivity contribution < 1.29 is 41.7 Å². The lowest BCUT2D eigenvalue weighted by atomic mass is 9.69. The van der Waals surface area contributed by atoms with E-state index in [1.54, 1.807) is 43.8 Å². The molecular formula is C71H63ClFN10O8PS. The van der Waals surface area contributed by atoms with Gasteiger partial charge in [0.25, 0.3) is 5.91 Å². The van der Waals surface area contributed by atoms with E-state index in [-0.39, 0.29) is 72.9 Å². The van der Waals surface area contributed by atoms with Crippen molar-refractivity contribution >= 4 is 64.2 Å². The number of halogens is 2. The van der Waals surface area contributed by atoms with E-state index >= 15 is 4.39 Å². The number of nitrogens with zero attached hydrogens (tertiary/aromatic N) is 9. The van der Waals surface area contributed by atoms with Gasteiger partial charge in [0.05, 0.1) is 58.7 Å². The molecule has 18 nitrogen and oxygen atoms in total. The number of amides is 1. The fourth-order valence-electron chi connectivity index (χ4n) is 12.6. The van der Waals surface area contributed by atoms with Gasteiger partial charge in [-0.25, -0.2) is 34.3 Å². The van der Waals surface area contributed by atoms with E-state index in [0.29, 0.717) is 28.9 Å². The van der Waals surface area contributed by atoms with E-state index in [0.717, 1.165) is 38.9 Å². The molecule has 2 aliphatic rings. The largest absolute Gasteiger partial charge is 0.497 e. The average Bonchev–Trinajstić information content (AvgIpc) is 1.41. The van der Waals surface area contributed by atoms with Gasteiger partial charge in [-0.15, -0.1) is 0 Å². The molecule has 0 radical (unpaired) electrons. The second kappa shape index (κ2) is 27.7. The second-order valence-corrected chi connectivity index (χ2v) is 26.0. The molecule has 1 saturated heterocycles. The average molecular weight is 1300 g/mol. The summed E-state index contributed by atoms with van der Waals surface area (Å²) in [5.41, 5.74) is 5.35. The number of benzene rings is 7. The van der Waals surface area contributed by atoms with Crippen molar-refractivity contribution in [3.8, 4) is 11.8 Å². The van der Waals surface area contributed by atoms with Gasteiger partial charge in [0.1, 0.15) is 47.3 Å². The van der Waals surface area contributed by atoms with Crippen molar-refractivity contribution in [1.82, 2.24) is 39.0 Å². The highest BCUT2D eigenvalue weighted by molar-refractivity contribution is 8.07. The molecule has 9 atom stereocenters. The lowest BCUT2D eigenvalue weighted by Gasteiger charge is -2.47. The van der Waals surface area contributed by atoms with Crippen LogP contribution >= 0.6 is 18.3 Å². The van der Waals surface area contributed by atoms with Crippen molar-refractivity contribution in [1.29, 1.82) is 5.26 Å². The molecular weight excluding hydrogens is 1240 g/mol. The quantitative estimate of drug-likeness (QED) is 0.0244. The van der Waals surface area contributed by atoms with Crippen LogP contribution in [-0.2, 0) is 50.8 Å². The zero-order valence-electron chi connectivity index (χ0n) is 50.5. The lowest BCUT2D eigenvalue weighted by Crippen LogP contribution is -2.46. The predicted molar refractivity (Wildman–Crippen MR) is 352 cm³/mol. The van der Waals surface area contributed by atoms with E-state index in [4.69, 9.17) is 55.9 Å². The van der Waals surface area contributed by atoms with Crippen LogP contribution in [0.2, 0.25) is 5.15 Å². The fraction of sp³-hybridized carbons (Fsp3) is 0.239. The Kier molecular flexibility index (Phi) is 18.7. The number of anilines is 1. The minimum atomic E-state index is -4.11. The number of aromatic nitrogens is 8. The lowest BCUT2D eigenvalue weighted by molar-refractivity contribution is -0.0939. The number of fused-ring (bicyclic) bond motifs is 2. The third kappa shape index (κ3) is 12.6. The van der Waals surface area contributed by atoms with Gasteiger partial charge in [0.2, 0.25) is 0 Å². The van der Waals surface area contributed by atoms with Gasteiger partial charge in [0, 0.05) is 17.5 Å². The monoisotopic (exact) mass is 1300 g/mol. The van der Waals surface area contributed by atoms with Gasteiger partial charge in [-0.05, 0) is 88.7 Å². The predicted octanol–water partition coefficient (Wildman–Crippen LogP) is 13.9. The number of ether oxygens (including phenoxy) is 4. The van der Waals surface area contributed by atoms with Crippen LogP contribution in [0.4, 0.5) is 10.2 Å². The maximum atomic E-state index is 18.6. The smallest absolute Gasteiger partial charge is 0.327 e. The number of hydrogen-bond donors (Lipinski definition) is 1. The van der Waals surface area contributed by atoms with Crippen LogP contribution in [0.25, 0.3) is 22.3 Å². The zero-order valence-corrected chi connectivity index (χ0v) is 53.0. The van der Waals surface area contributed by atoms with Gasteiger partial charge >= 0.3 is 6.72 Å². The molecule has 1 N–H and O–H groups in total. The van der Waals surface area contributed by atoms with Crippen LogP contribution in [0.1, 0.15) is 74.4 Å². The molecule has 1 amide bonds. The number of hydrogen-bond acceptors (Lipinski definition) is 16. The summed E-state index contributed by atoms with van der Waals surface area (Å²) in [6, 6.07) is 66.2. The van der Waals surface area contributed by atoms with Crippen LogP contribution in [0.5, 0.6) is 5.75 Å². The number of carbonyl (C=O) groups is 1. The number of rotatable bonds is 25. The van der Waals surface area contributed by atoms with Gasteiger partial charge in [-0.1, -0.05) is 193 Å². The molecule has 11 aromatic rings. The Morgan fingerprint density at radius 3 is 1.76 bits per heavy atom. The first kappa shape index (κ1) is 62.8. The Bertz CT molecular complexity index is 4360. The van der Waals surface area contributed by atoms with Gasteiger partial charge in [-0.2, -0.15) is 5.26 Å². The molecule has 1 aliphatic heterocycles. The number of carbonyl (C=O) groups excluding carboxylic acids is 1. The Hall–Kier alpha value is -8.97. The first-order valence-corrected chi connectivity index (χ1v) is 33.3. The molecule has 13 rings (SSSR count). The van der Waals surface area contributed by atoms with Crippen LogP contribution in [-0.4, -0.2) is 96.9 Å². The third-order valence-corrected chi connectivity index (χ3v) is 19.9. The molecule has 1 aliphatic carbocycles. The third-order valence-electron chi connectivity index (χ3n) is 17.3. The number of imidazole rings is 2. The molecule has 2 fully saturated rings. The van der Waals surface area contributed by atoms with Gasteiger partial charge in [0.15, 0.2) is 40.2 Å². The fourth-order valence-corrected chi connectivity index (χ4v) is 14.9. The molecule has 0 bridgehead atoms. The number of aryl methyl sites for hydroxylation is 1. The van der Waals surface area contributed by atoms with Crippen molar-refractivity contribution in [2.75, 3.05) is 38.9 Å². The molecule has 5 heterocycles. The van der Waals surface area contributed by atoms with Crippen molar-refractivity contribution in [3.63, 3.8) is 0 Å². The standard InChI is InChI=1S/C71H63ClFN10O8PS/c1-47-29-31-54(32-30-47)71(53-27-16-7-17-28-53,55-33-35-56(85-2)36-34-55)87-42-59-63(60(73)69(90-59)83-46-80-62-65(76-44-78-67(62)83)81-68(84)48-19-8-3-9-20-48)91-92(93,88-38-18-37-74)89-40-49-39-58(82-45-79-61-64(72)75-43-77-66(61)82)57(49)41-86-70(50-21-10-4-11-22-50,51-23-12-5-13-24-51)52-25-14-6-15-26-52/h3-17,19-36,43-46,49,57-60,63,69H,18,38-42H2,1-2H3,(H,76,78,81,84)/t49-,57-,58-,59-,60-,63-,69-,71?,92?/m1/s1. The summed E-state index contributed by atoms with van der Waals surface area (Å²) in [4.78, 5) is 40.5. The summed E-state index contributed by atoms with van der Waals surface area (Å²) in [6.45, 7) is -2.46. The number of nitriles is 1. The summed E-state index contributed by atoms with van der Waals surface area (Å²) in [5.74, 6) is -0.307. The summed E-state index contributed by atoms with van der Waals surface area (Å²) < 4.78 is 69.8. The summed E-state index contributed by atoms with van der Waals surface area (Å²) in [7, 11) is 1.60. The van der Waals surface area contributed by atoms with Gasteiger partial charge in [-0.3, -0.25) is 13.9 Å². The van der Waals surface area contributed by atoms with Gasteiger partial charge < -0.3 is 37.9 Å². The highest BCUT2D eigenvalue weighted by Crippen LogP contribution is 2.57. The first-order chi connectivity index (χ1) is 45.5. The van der Waals surface area contributed by atoms with E-state index in [2.05, 4.69) is 77.7 Å². The Labute approximate surface area is 546 Å². The molecule has 7 aromatic carbocycles. The van der Waals surface area contributed by atoms with Crippen molar-refractivity contribution in [2.45, 2.75) is 61.6 Å². The summed E-state index contributed by atoms with van der Waals surface area (Å²) >= 11 is 13.0. The zero-order chi connectivity index (χ0) is 63.9. The van der Waals surface area contributed by atoms with E-state index in [1.807, 2.05) is 145 Å². The number of alkyl halides is 1. The molecule has 470 valence electrons. The first-order valence-electron chi connectivity index (χ1n) is 30.3. The minimum Gasteiger partial charge on any atom is -0.497 e. The molecule has 2 unspecified atom stereocenters. The molecule has 1 saturated carbocycles. The minimum absolute atomic E-state index is 0.0383. The molecule has 22 heteroatoms. The van der Waals surface area contributed by atoms with E-state index < -0.39 is 48.4 Å². The molecule has 93 heavy (non-hydrogen) atoms. The molecule has 4 aromatic heterocycles. The maximum absolute atomic E-state index is 18.6. The maximum Gasteiger partial charge on any atom is 0.327 e. The van der Waals surface area contributed by atoms with Crippen LogP contribution < -0.4 is 10.1 Å². The Morgan fingerprint density at radius 1 is 0.667 bits per heavy atom. The van der Waals surface area contributed by atoms with Crippen LogP contribution in [0.15, 0.2) is 225 Å². The summed E-state index contributed by atoms with van der Waals surface area (Å²) in [6.07, 6.45) is -0.119. The number of nitrogens with one attached hydrogen (secondary N) is 1. The van der Waals surface area contributed by atoms with Crippen molar-refractivity contribution in [3.05, 3.63) is 275 Å². The summed E-state index contributed by atoms with van der Waals surface area (Å²) in [5, 5.41) is 13.0. The Morgan fingerprint density at radius 2 is 1.18 bits per heavy atom. The second-order valence-electron chi connectivity index (χ2n) is 22.7. The highest BCUT2D eigenvalue weighted by Gasteiger charge is 2.53. The Balaban J connectivity index is 0.867. The topological polar surface area (TPSA) is 205 Å². The molecule has 0 spiro atoms. The normalized spacial score (nSPS) is 20.1. The highest BCUT2D eigenvalue weighted by atomic mass is 35.5. The SMILES string of the molecule is COc1ccc(C(OC[C@H]2O[C@@H](n3cnc4c(NC(=O)c5ccccc5)ncnc43)[C@H](F)[C@@H]2OP(=S)(OCCC#N)OC[C@H]2C[C@@H](n3cnc4c(Cl)ncnc43)[C@@H]2COC(c2ccccc2)(c2ccccc2)c2ccccc2)(c2ccccc2)c2ccc(C)cc2)cc1. The van der Waals surface area contributed by atoms with Crippen molar-refractivity contribution in [2.24, 2.45) is 11.8 Å². The van der Waals surface area contributed by atoms with E-state index in [1.165, 1.54) is 23.5 Å². The number of methoxy groups -OCH3 is 1. The van der Waals surface area contributed by atoms with E-state index in [9.17, 15) is 10.1 Å².